The van der Waals surface area contributed by atoms with Crippen LogP contribution in [0, 0.1) is 12.8 Å². The van der Waals surface area contributed by atoms with Gasteiger partial charge in [-0.25, -0.2) is 0 Å². The van der Waals surface area contributed by atoms with E-state index in [1.54, 1.807) is 0 Å². The van der Waals surface area contributed by atoms with Crippen LogP contribution in [0.25, 0.3) is 21.8 Å². The van der Waals surface area contributed by atoms with E-state index in [1.165, 1.54) is 33.1 Å². The monoisotopic (exact) mass is 452 g/mol. The number of benzene rings is 2. The molecule has 0 fully saturated rings. The minimum absolute atomic E-state index is 0. The SMILES string of the molecule is CCn1c2cc(OCC(C)C)ccc2c2cc[n+](Cc3ccccc3)c(C)c21.[Br-]. The van der Waals surface area contributed by atoms with Gasteiger partial charge in [0, 0.05) is 41.9 Å². The average Bonchev–Trinajstić information content (AvgIpc) is 3.03. The van der Waals surface area contributed by atoms with E-state index in [0.29, 0.717) is 5.92 Å². The van der Waals surface area contributed by atoms with Crippen molar-refractivity contribution >= 4 is 21.8 Å². The van der Waals surface area contributed by atoms with Gasteiger partial charge < -0.3 is 26.3 Å². The zero-order chi connectivity index (χ0) is 19.7. The predicted molar refractivity (Wildman–Crippen MR) is 116 cm³/mol. The molecule has 0 bridgehead atoms. The number of ether oxygens (including phenoxy) is 1. The highest BCUT2D eigenvalue weighted by Gasteiger charge is 2.19. The van der Waals surface area contributed by atoms with Crippen molar-refractivity contribution in [3.63, 3.8) is 0 Å². The third-order valence-corrected chi connectivity index (χ3v) is 5.37. The first kappa shape index (κ1) is 21.4. The number of fused-ring (bicyclic) bond motifs is 3. The highest BCUT2D eigenvalue weighted by atomic mass is 79.9. The quantitative estimate of drug-likeness (QED) is 0.411. The predicted octanol–water partition coefficient (Wildman–Crippen LogP) is 2.50. The molecule has 0 spiro atoms. The van der Waals surface area contributed by atoms with Crippen LogP contribution in [0.3, 0.4) is 0 Å². The zero-order valence-electron chi connectivity index (χ0n) is 17.7. The summed E-state index contributed by atoms with van der Waals surface area (Å²) in [4.78, 5) is 0. The molecule has 0 saturated carbocycles. The molecule has 4 rings (SSSR count). The van der Waals surface area contributed by atoms with Gasteiger partial charge in [-0.05, 0) is 25.0 Å². The van der Waals surface area contributed by atoms with Gasteiger partial charge in [0.25, 0.3) is 0 Å². The Balaban J connectivity index is 0.00000240. The molecule has 152 valence electrons. The Labute approximate surface area is 183 Å². The largest absolute Gasteiger partial charge is 1.00 e. The van der Waals surface area contributed by atoms with Crippen molar-refractivity contribution in [1.82, 2.24) is 4.57 Å². The maximum atomic E-state index is 5.99. The van der Waals surface area contributed by atoms with Gasteiger partial charge >= 0.3 is 0 Å². The molecule has 4 heteroatoms. The van der Waals surface area contributed by atoms with E-state index < -0.39 is 0 Å². The van der Waals surface area contributed by atoms with Crippen molar-refractivity contribution in [2.24, 2.45) is 5.92 Å². The van der Waals surface area contributed by atoms with Crippen molar-refractivity contribution in [3.8, 4) is 5.75 Å². The van der Waals surface area contributed by atoms with E-state index >= 15 is 0 Å². The molecule has 0 saturated heterocycles. The number of halogens is 1. The molecule has 0 unspecified atom stereocenters. The van der Waals surface area contributed by atoms with Gasteiger partial charge in [0.15, 0.2) is 12.7 Å². The Morgan fingerprint density at radius 1 is 1.00 bits per heavy atom. The first-order valence-electron chi connectivity index (χ1n) is 10.2. The molecule has 0 aliphatic carbocycles. The van der Waals surface area contributed by atoms with Crippen LogP contribution in [0.2, 0.25) is 0 Å². The Kier molecular flexibility index (Phi) is 6.63. The van der Waals surface area contributed by atoms with E-state index in [-0.39, 0.29) is 17.0 Å². The second-order valence-corrected chi connectivity index (χ2v) is 7.90. The average molecular weight is 453 g/mol. The highest BCUT2D eigenvalue weighted by Crippen LogP contribution is 2.32. The lowest BCUT2D eigenvalue weighted by atomic mass is 10.1. The zero-order valence-corrected chi connectivity index (χ0v) is 19.2. The fourth-order valence-electron chi connectivity index (χ4n) is 3.96. The number of hydrogen-bond donors (Lipinski definition) is 0. The minimum Gasteiger partial charge on any atom is -1.00 e. The summed E-state index contributed by atoms with van der Waals surface area (Å²) in [5, 5.41) is 2.61. The third kappa shape index (κ3) is 4.18. The van der Waals surface area contributed by atoms with Crippen LogP contribution in [0.1, 0.15) is 32.0 Å². The molecule has 2 heterocycles. The molecule has 0 amide bonds. The van der Waals surface area contributed by atoms with E-state index in [2.05, 4.69) is 97.6 Å². The number of pyridine rings is 1. The Bertz CT molecular complexity index is 1120. The van der Waals surface area contributed by atoms with Crippen molar-refractivity contribution in [3.05, 3.63) is 72.1 Å². The summed E-state index contributed by atoms with van der Waals surface area (Å²) in [6, 6.07) is 19.4. The lowest BCUT2D eigenvalue weighted by molar-refractivity contribution is -0.693. The highest BCUT2D eigenvalue weighted by molar-refractivity contribution is 6.08. The van der Waals surface area contributed by atoms with E-state index in [9.17, 15) is 0 Å². The molecule has 0 N–H and O–H groups in total. The van der Waals surface area contributed by atoms with E-state index in [0.717, 1.165) is 25.4 Å². The van der Waals surface area contributed by atoms with Gasteiger partial charge in [-0.2, -0.15) is 4.57 Å². The standard InChI is InChI=1S/C25H29N2O.BrH/c1-5-27-24-15-21(28-17-18(2)3)11-12-22(24)23-13-14-26(19(4)25(23)27)16-20-9-7-6-8-10-20;/h6-15,18H,5,16-17H2,1-4H3;1H/q+1;/p-1. The molecule has 4 aromatic rings. The van der Waals surface area contributed by atoms with Gasteiger partial charge in [0.1, 0.15) is 11.3 Å². The van der Waals surface area contributed by atoms with Crippen LogP contribution >= 0.6 is 0 Å². The van der Waals surface area contributed by atoms with Crippen LogP contribution in [-0.2, 0) is 13.1 Å². The number of hydrogen-bond acceptors (Lipinski definition) is 1. The van der Waals surface area contributed by atoms with Crippen LogP contribution in [0.15, 0.2) is 60.8 Å². The smallest absolute Gasteiger partial charge is 0.203 e. The summed E-state index contributed by atoms with van der Waals surface area (Å²) in [5.41, 5.74) is 5.18. The number of aromatic nitrogens is 2. The summed E-state index contributed by atoms with van der Waals surface area (Å²) in [7, 11) is 0. The summed E-state index contributed by atoms with van der Waals surface area (Å²) in [5.74, 6) is 1.47. The van der Waals surface area contributed by atoms with Gasteiger partial charge in [-0.1, -0.05) is 44.2 Å². The molecule has 0 aliphatic heterocycles. The molecule has 0 radical (unpaired) electrons. The maximum Gasteiger partial charge on any atom is 0.203 e. The van der Waals surface area contributed by atoms with Gasteiger partial charge in [-0.15, -0.1) is 0 Å². The molecule has 2 aromatic carbocycles. The minimum atomic E-state index is 0. The van der Waals surface area contributed by atoms with Gasteiger partial charge in [0.05, 0.1) is 12.1 Å². The Morgan fingerprint density at radius 3 is 2.45 bits per heavy atom. The lowest BCUT2D eigenvalue weighted by Crippen LogP contribution is -3.00. The number of aryl methyl sites for hydroxylation is 2. The Morgan fingerprint density at radius 2 is 1.76 bits per heavy atom. The molecule has 2 aromatic heterocycles. The van der Waals surface area contributed by atoms with Crippen molar-refractivity contribution < 1.29 is 26.3 Å². The van der Waals surface area contributed by atoms with E-state index in [4.69, 9.17) is 4.74 Å². The summed E-state index contributed by atoms with van der Waals surface area (Å²) in [6.45, 7) is 11.4. The molecular weight excluding hydrogens is 424 g/mol. The summed E-state index contributed by atoms with van der Waals surface area (Å²) in [6.07, 6.45) is 2.22. The summed E-state index contributed by atoms with van der Waals surface area (Å²) < 4.78 is 10.8. The van der Waals surface area contributed by atoms with Crippen molar-refractivity contribution in [2.75, 3.05) is 6.61 Å². The van der Waals surface area contributed by atoms with Crippen LogP contribution in [0.5, 0.6) is 5.75 Å². The molecule has 0 aliphatic rings. The second-order valence-electron chi connectivity index (χ2n) is 7.90. The van der Waals surface area contributed by atoms with Crippen molar-refractivity contribution in [2.45, 2.75) is 40.8 Å². The number of nitrogens with zero attached hydrogens (tertiary/aromatic N) is 2. The van der Waals surface area contributed by atoms with Crippen molar-refractivity contribution in [1.29, 1.82) is 0 Å². The fourth-order valence-corrected chi connectivity index (χ4v) is 3.96. The van der Waals surface area contributed by atoms with Crippen LogP contribution < -0.4 is 26.3 Å². The first-order chi connectivity index (χ1) is 13.6. The van der Waals surface area contributed by atoms with Crippen LogP contribution in [-0.4, -0.2) is 11.2 Å². The molecule has 0 atom stereocenters. The maximum absolute atomic E-state index is 5.99. The summed E-state index contributed by atoms with van der Waals surface area (Å²) >= 11 is 0. The molecule has 3 nitrogen and oxygen atoms in total. The fraction of sp³-hybridized carbons (Fsp3) is 0.320. The molecular formula is C25H29BrN2O. The first-order valence-corrected chi connectivity index (χ1v) is 10.2. The third-order valence-electron chi connectivity index (χ3n) is 5.37. The van der Waals surface area contributed by atoms with E-state index in [1.807, 2.05) is 0 Å². The number of rotatable bonds is 6. The van der Waals surface area contributed by atoms with Gasteiger partial charge in [-0.3, -0.25) is 0 Å². The normalized spacial score (nSPS) is 11.2. The van der Waals surface area contributed by atoms with Gasteiger partial charge in [0.2, 0.25) is 5.69 Å². The van der Waals surface area contributed by atoms with Crippen LogP contribution in [0.4, 0.5) is 0 Å². The lowest BCUT2D eigenvalue weighted by Gasteiger charge is -2.10. The Hall–Kier alpha value is -2.33. The molecule has 29 heavy (non-hydrogen) atoms. The topological polar surface area (TPSA) is 18.0 Å². The second kappa shape index (κ2) is 9.00.